The van der Waals surface area contributed by atoms with Crippen LogP contribution in [0, 0.1) is 0 Å². The van der Waals surface area contributed by atoms with Gasteiger partial charge in [-0.1, -0.05) is 0 Å². The van der Waals surface area contributed by atoms with E-state index in [0.717, 1.165) is 6.42 Å². The minimum atomic E-state index is -1.18. The van der Waals surface area contributed by atoms with Gasteiger partial charge in [0.05, 0.1) is 19.0 Å². The lowest BCUT2D eigenvalue weighted by Crippen LogP contribution is -2.35. The smallest absolute Gasteiger partial charge is 0.258 e. The maximum absolute atomic E-state index is 10.5. The van der Waals surface area contributed by atoms with Gasteiger partial charge in [-0.05, 0) is 18.6 Å². The molecule has 12 heteroatoms. The standard InChI is InChI=1S/C17H24N6O5S/c1-22(2)17(29)27-6-10-12(24)13(25)16(28-10)23-8-20-11-14(18-7-19-15(11)23)21-9-3-4-26-5-9/h7-10,12-13,16,24-25H,3-6H2,1-2H3,(H,18,19,21)/t9-,10-,12-,13-,16-/m1/s1. The molecule has 4 rings (SSSR count). The van der Waals surface area contributed by atoms with Gasteiger partial charge in [-0.15, -0.1) is 0 Å². The molecule has 29 heavy (non-hydrogen) atoms. The highest BCUT2D eigenvalue weighted by molar-refractivity contribution is 7.80. The van der Waals surface area contributed by atoms with Crippen LogP contribution in [0.15, 0.2) is 12.7 Å². The molecular formula is C17H24N6O5S. The molecule has 0 amide bonds. The van der Waals surface area contributed by atoms with Gasteiger partial charge in [0.25, 0.3) is 5.17 Å². The first-order chi connectivity index (χ1) is 14.0. The normalized spacial score (nSPS) is 29.3. The highest BCUT2D eigenvalue weighted by Gasteiger charge is 2.45. The zero-order valence-corrected chi connectivity index (χ0v) is 16.9. The van der Waals surface area contributed by atoms with Gasteiger partial charge in [0.2, 0.25) is 0 Å². The lowest BCUT2D eigenvalue weighted by atomic mass is 10.1. The predicted octanol–water partition coefficient (Wildman–Crippen LogP) is -0.491. The molecule has 11 nitrogen and oxygen atoms in total. The van der Waals surface area contributed by atoms with Gasteiger partial charge in [-0.3, -0.25) is 4.57 Å². The van der Waals surface area contributed by atoms with Gasteiger partial charge in [-0.25, -0.2) is 15.0 Å². The number of anilines is 1. The molecule has 2 aromatic rings. The number of aliphatic hydroxyl groups is 2. The monoisotopic (exact) mass is 424 g/mol. The van der Waals surface area contributed by atoms with Crippen LogP contribution in [-0.2, 0) is 14.2 Å². The summed E-state index contributed by atoms with van der Waals surface area (Å²) in [5, 5.41) is 24.5. The Balaban J connectivity index is 1.52. The summed E-state index contributed by atoms with van der Waals surface area (Å²) in [4.78, 5) is 14.6. The first kappa shape index (κ1) is 20.2. The number of hydrogen-bond acceptors (Lipinski definition) is 10. The summed E-state index contributed by atoms with van der Waals surface area (Å²) < 4.78 is 18.3. The van der Waals surface area contributed by atoms with E-state index >= 15 is 0 Å². The van der Waals surface area contributed by atoms with Crippen LogP contribution in [0.25, 0.3) is 11.2 Å². The quantitative estimate of drug-likeness (QED) is 0.538. The zero-order chi connectivity index (χ0) is 20.5. The van der Waals surface area contributed by atoms with E-state index in [4.69, 9.17) is 26.4 Å². The van der Waals surface area contributed by atoms with Crippen molar-refractivity contribution in [3.63, 3.8) is 0 Å². The molecule has 0 saturated carbocycles. The van der Waals surface area contributed by atoms with Crippen molar-refractivity contribution in [2.45, 2.75) is 37.0 Å². The van der Waals surface area contributed by atoms with Crippen molar-refractivity contribution in [3.05, 3.63) is 12.7 Å². The molecule has 2 aliphatic heterocycles. The lowest BCUT2D eigenvalue weighted by molar-refractivity contribution is -0.0499. The highest BCUT2D eigenvalue weighted by atomic mass is 32.1. The van der Waals surface area contributed by atoms with E-state index in [1.165, 1.54) is 12.7 Å². The fourth-order valence-corrected chi connectivity index (χ4v) is 3.43. The molecule has 4 heterocycles. The maximum atomic E-state index is 10.5. The van der Waals surface area contributed by atoms with Crippen LogP contribution in [0.1, 0.15) is 12.6 Å². The summed E-state index contributed by atoms with van der Waals surface area (Å²) >= 11 is 5.08. The van der Waals surface area contributed by atoms with Crippen molar-refractivity contribution in [3.8, 4) is 0 Å². The van der Waals surface area contributed by atoms with Crippen LogP contribution in [0.2, 0.25) is 0 Å². The van der Waals surface area contributed by atoms with Gasteiger partial charge in [0, 0.05) is 20.7 Å². The molecule has 3 N–H and O–H groups in total. The molecule has 0 bridgehead atoms. The minimum absolute atomic E-state index is 0.0157. The third-order valence-electron chi connectivity index (χ3n) is 4.98. The Morgan fingerprint density at radius 1 is 1.34 bits per heavy atom. The van der Waals surface area contributed by atoms with E-state index in [-0.39, 0.29) is 17.8 Å². The number of aliphatic hydroxyl groups excluding tert-OH is 2. The summed E-state index contributed by atoms with van der Waals surface area (Å²) in [6.45, 7) is 1.34. The molecule has 0 radical (unpaired) electrons. The number of hydrogen-bond donors (Lipinski definition) is 3. The van der Waals surface area contributed by atoms with Gasteiger partial charge in [0.1, 0.15) is 31.2 Å². The van der Waals surface area contributed by atoms with E-state index in [1.54, 1.807) is 23.6 Å². The molecule has 0 spiro atoms. The van der Waals surface area contributed by atoms with Gasteiger partial charge >= 0.3 is 0 Å². The first-order valence-corrected chi connectivity index (χ1v) is 9.74. The molecule has 0 aromatic carbocycles. The van der Waals surface area contributed by atoms with Crippen molar-refractivity contribution in [1.29, 1.82) is 0 Å². The number of imidazole rings is 1. The molecule has 5 atom stereocenters. The molecular weight excluding hydrogens is 400 g/mol. The van der Waals surface area contributed by atoms with Crippen LogP contribution in [0.4, 0.5) is 5.82 Å². The van der Waals surface area contributed by atoms with Crippen molar-refractivity contribution in [2.75, 3.05) is 39.2 Å². The van der Waals surface area contributed by atoms with E-state index in [9.17, 15) is 10.2 Å². The second-order valence-corrected chi connectivity index (χ2v) is 7.62. The number of ether oxygens (including phenoxy) is 3. The summed E-state index contributed by atoms with van der Waals surface area (Å²) in [6, 6.07) is 0.162. The Labute approximate surface area is 172 Å². The minimum Gasteiger partial charge on any atom is -0.468 e. The van der Waals surface area contributed by atoms with Crippen molar-refractivity contribution >= 4 is 34.4 Å². The molecule has 0 aliphatic carbocycles. The van der Waals surface area contributed by atoms with Gasteiger partial charge in [-0.2, -0.15) is 0 Å². The summed E-state index contributed by atoms with van der Waals surface area (Å²) in [5.74, 6) is 0.591. The predicted molar refractivity (Wildman–Crippen MR) is 106 cm³/mol. The Kier molecular flexibility index (Phi) is 5.79. The highest BCUT2D eigenvalue weighted by Crippen LogP contribution is 2.32. The fourth-order valence-electron chi connectivity index (χ4n) is 3.36. The summed E-state index contributed by atoms with van der Waals surface area (Å²) in [5.41, 5.74) is 1.04. The largest absolute Gasteiger partial charge is 0.468 e. The van der Waals surface area contributed by atoms with E-state index < -0.39 is 24.5 Å². The Morgan fingerprint density at radius 2 is 2.17 bits per heavy atom. The summed E-state index contributed by atoms with van der Waals surface area (Å²) in [7, 11) is 3.51. The molecule has 0 unspecified atom stereocenters. The van der Waals surface area contributed by atoms with Crippen molar-refractivity contribution in [1.82, 2.24) is 24.4 Å². The van der Waals surface area contributed by atoms with Crippen LogP contribution < -0.4 is 5.32 Å². The van der Waals surface area contributed by atoms with Crippen molar-refractivity contribution in [2.24, 2.45) is 0 Å². The second-order valence-electron chi connectivity index (χ2n) is 7.27. The molecule has 2 fully saturated rings. The fraction of sp³-hybridized carbons (Fsp3) is 0.647. The Bertz CT molecular complexity index is 873. The van der Waals surface area contributed by atoms with Crippen LogP contribution >= 0.6 is 12.2 Å². The number of nitrogens with one attached hydrogen (secondary N) is 1. The van der Waals surface area contributed by atoms with Crippen LogP contribution in [0.3, 0.4) is 0 Å². The van der Waals surface area contributed by atoms with E-state index in [1.807, 2.05) is 0 Å². The maximum Gasteiger partial charge on any atom is 0.258 e. The Morgan fingerprint density at radius 3 is 2.90 bits per heavy atom. The number of thiocarbonyl (C=S) groups is 1. The second kappa shape index (κ2) is 8.32. The topological polar surface area (TPSA) is 127 Å². The van der Waals surface area contributed by atoms with Gasteiger partial charge < -0.3 is 34.6 Å². The third kappa shape index (κ3) is 3.98. The number of aromatic nitrogens is 4. The van der Waals surface area contributed by atoms with Crippen LogP contribution in [0.5, 0.6) is 0 Å². The molecule has 2 aromatic heterocycles. The number of fused-ring (bicyclic) bond motifs is 1. The number of rotatable bonds is 5. The van der Waals surface area contributed by atoms with Crippen molar-refractivity contribution < 1.29 is 24.4 Å². The molecule has 158 valence electrons. The third-order valence-corrected chi connectivity index (χ3v) is 5.46. The van der Waals surface area contributed by atoms with Gasteiger partial charge in [0.15, 0.2) is 23.2 Å². The SMILES string of the molecule is CN(C)C(=S)OC[C@H]1O[C@@H](n2cnc3c(N[C@@H]4CCOC4)ncnc32)[C@H](O)[C@@H]1O. The average Bonchev–Trinajstić information content (AvgIpc) is 3.42. The van der Waals surface area contributed by atoms with E-state index in [2.05, 4.69) is 20.3 Å². The molecule has 2 saturated heterocycles. The summed E-state index contributed by atoms with van der Waals surface area (Å²) in [6.07, 6.45) is -0.105. The first-order valence-electron chi connectivity index (χ1n) is 9.33. The molecule has 2 aliphatic rings. The Hall–Kier alpha value is -2.12. The zero-order valence-electron chi connectivity index (χ0n) is 16.1. The van der Waals surface area contributed by atoms with E-state index in [0.29, 0.717) is 30.2 Å². The average molecular weight is 424 g/mol. The lowest BCUT2D eigenvalue weighted by Gasteiger charge is -2.19. The number of nitrogens with zero attached hydrogens (tertiary/aromatic N) is 5. The van der Waals surface area contributed by atoms with Crippen LogP contribution in [-0.4, -0.2) is 98.1 Å².